The van der Waals surface area contributed by atoms with E-state index in [1.165, 1.54) is 27.7 Å². The smallest absolute Gasteiger partial charge is 0.316 e. The minimum absolute atomic E-state index is 0.0355. The van der Waals surface area contributed by atoms with Gasteiger partial charge in [-0.15, -0.1) is 0 Å². The lowest BCUT2D eigenvalue weighted by atomic mass is 9.73. The lowest BCUT2D eigenvalue weighted by molar-refractivity contribution is -0.298. The fourth-order valence-corrected chi connectivity index (χ4v) is 9.12. The summed E-state index contributed by atoms with van der Waals surface area (Å²) in [5.74, 6) is -5.53. The summed E-state index contributed by atoms with van der Waals surface area (Å²) in [6.45, 7) is 15.8. The summed E-state index contributed by atoms with van der Waals surface area (Å²) in [5.41, 5.74) is -1.41. The molecule has 3 aliphatic heterocycles. The van der Waals surface area contributed by atoms with Crippen molar-refractivity contribution in [3.63, 3.8) is 0 Å². The summed E-state index contributed by atoms with van der Waals surface area (Å²) < 4.78 is 44.0. The van der Waals surface area contributed by atoms with Crippen molar-refractivity contribution < 1.29 is 62.1 Å². The van der Waals surface area contributed by atoms with Gasteiger partial charge < -0.3 is 47.8 Å². The number of carbonyl (C=O) groups is 4. The number of pyridine rings is 1. The number of aliphatic imine (C=N–C) groups is 1. The van der Waals surface area contributed by atoms with E-state index in [9.17, 15) is 24.3 Å². The molecule has 5 heterocycles. The molecule has 1 amide bonds. The lowest BCUT2D eigenvalue weighted by Crippen LogP contribution is -2.60. The minimum atomic E-state index is -1.88. The van der Waals surface area contributed by atoms with Gasteiger partial charge in [-0.25, -0.2) is 4.99 Å². The van der Waals surface area contributed by atoms with Crippen molar-refractivity contribution in [2.75, 3.05) is 27.3 Å². The highest BCUT2D eigenvalue weighted by Crippen LogP contribution is 2.40. The maximum absolute atomic E-state index is 14.7. The molecule has 2 aromatic heterocycles. The summed E-state index contributed by atoms with van der Waals surface area (Å²) in [5, 5.41) is 20.7. The van der Waals surface area contributed by atoms with Crippen LogP contribution in [0.5, 0.6) is 0 Å². The van der Waals surface area contributed by atoms with Gasteiger partial charge in [0, 0.05) is 49.2 Å². The number of esters is 2. The topological polar surface area (TPSA) is 220 Å². The summed E-state index contributed by atoms with van der Waals surface area (Å²) in [6, 6.07) is 4.98. The summed E-state index contributed by atoms with van der Waals surface area (Å²) in [4.78, 5) is 70.9. The standard InChI is InChI=1S/C45H65N5O13/c1-13-36-45(10,55)41-26(4)37(48-29(7)51)24(2)19-44(9,57-22-33(21-56-41)49-58-23-32-15-14-31(20-46-32)35-16-17-47-63-35)40(27(5)38(53)28(6)42(54)61-36)62-43-39(60-30(8)52)34(50(11)12)18-25(3)59-43/h14-17,20,24-28,34,36,39-41,43,55H,13,18-19,21-23H2,1-12H3/b48-37+,49-33+/t24-,25-,26+,27+,28-,34+,36-,39-,40-,41-,43+,44-,45-/m1/s1. The molecular weight excluding hydrogens is 819 g/mol. The number of nitrogens with zero attached hydrogens (tertiary/aromatic N) is 5. The fraction of sp³-hybridized carbons (Fsp3) is 0.689. The Balaban J connectivity index is 1.66. The van der Waals surface area contributed by atoms with Crippen LogP contribution in [0.4, 0.5) is 0 Å². The zero-order valence-electron chi connectivity index (χ0n) is 38.6. The van der Waals surface area contributed by atoms with Gasteiger partial charge in [-0.05, 0) is 79.1 Å². The Labute approximate surface area is 369 Å². The number of amides is 1. The summed E-state index contributed by atoms with van der Waals surface area (Å²) in [6.07, 6.45) is -2.00. The minimum Gasteiger partial charge on any atom is -0.459 e. The van der Waals surface area contributed by atoms with Crippen LogP contribution in [0.3, 0.4) is 0 Å². The van der Waals surface area contributed by atoms with Crippen LogP contribution in [0, 0.1) is 23.7 Å². The van der Waals surface area contributed by atoms with Crippen molar-refractivity contribution in [3.05, 3.63) is 36.3 Å². The van der Waals surface area contributed by atoms with Gasteiger partial charge in [-0.2, -0.15) is 0 Å². The number of aliphatic hydroxyl groups is 1. The molecular formula is C45H65N5O13. The van der Waals surface area contributed by atoms with Crippen molar-refractivity contribution in [1.29, 1.82) is 0 Å². The summed E-state index contributed by atoms with van der Waals surface area (Å²) >= 11 is 0. The van der Waals surface area contributed by atoms with E-state index in [2.05, 4.69) is 20.3 Å². The molecule has 348 valence electrons. The normalized spacial score (nSPS) is 36.3. The Morgan fingerprint density at radius 3 is 2.37 bits per heavy atom. The van der Waals surface area contributed by atoms with E-state index in [4.69, 9.17) is 37.8 Å². The van der Waals surface area contributed by atoms with Crippen LogP contribution >= 0.6 is 0 Å². The Kier molecular flexibility index (Phi) is 16.5. The first kappa shape index (κ1) is 49.6. The van der Waals surface area contributed by atoms with E-state index in [0.29, 0.717) is 23.6 Å². The first-order chi connectivity index (χ1) is 29.7. The van der Waals surface area contributed by atoms with Gasteiger partial charge in [0.15, 0.2) is 30.5 Å². The van der Waals surface area contributed by atoms with Crippen molar-refractivity contribution >= 4 is 35.1 Å². The van der Waals surface area contributed by atoms with Crippen molar-refractivity contribution in [2.45, 2.75) is 149 Å². The van der Waals surface area contributed by atoms with Crippen LogP contribution in [-0.2, 0) is 59.0 Å². The molecule has 63 heavy (non-hydrogen) atoms. The molecule has 5 rings (SSSR count). The quantitative estimate of drug-likeness (QED) is 0.204. The highest BCUT2D eigenvalue weighted by molar-refractivity contribution is 6.00. The van der Waals surface area contributed by atoms with Crippen LogP contribution < -0.4 is 0 Å². The second-order valence-electron chi connectivity index (χ2n) is 17.8. The number of ether oxygens (including phenoxy) is 6. The van der Waals surface area contributed by atoms with Gasteiger partial charge >= 0.3 is 11.9 Å². The third-order valence-corrected chi connectivity index (χ3v) is 12.4. The number of carbonyl (C=O) groups excluding carboxylic acids is 4. The number of rotatable bonds is 9. The molecule has 0 spiro atoms. The van der Waals surface area contributed by atoms with Crippen LogP contribution in [0.1, 0.15) is 94.2 Å². The second-order valence-corrected chi connectivity index (χ2v) is 17.8. The molecule has 18 heteroatoms. The number of fused-ring (bicyclic) bond motifs is 5. The first-order valence-corrected chi connectivity index (χ1v) is 21.7. The molecule has 0 radical (unpaired) electrons. The first-order valence-electron chi connectivity index (χ1n) is 21.7. The Bertz CT molecular complexity index is 1950. The number of Topliss-reactive ketones (excluding diaryl/α,β-unsaturated/α-hetero) is 1. The molecule has 0 aliphatic carbocycles. The van der Waals surface area contributed by atoms with E-state index < -0.39 is 89.2 Å². The Morgan fingerprint density at radius 1 is 1.03 bits per heavy atom. The Morgan fingerprint density at radius 2 is 1.76 bits per heavy atom. The molecule has 0 saturated carbocycles. The number of oxime groups is 1. The zero-order chi connectivity index (χ0) is 46.4. The lowest BCUT2D eigenvalue weighted by Gasteiger charge is -2.48. The van der Waals surface area contributed by atoms with E-state index in [0.717, 1.165) is 5.56 Å². The van der Waals surface area contributed by atoms with Crippen LogP contribution in [-0.4, -0.2) is 137 Å². The summed E-state index contributed by atoms with van der Waals surface area (Å²) in [7, 11) is 3.74. The highest BCUT2D eigenvalue weighted by atomic mass is 16.7. The fourth-order valence-electron chi connectivity index (χ4n) is 9.12. The number of cyclic esters (lactones) is 1. The molecule has 3 fully saturated rings. The highest BCUT2D eigenvalue weighted by Gasteiger charge is 2.53. The molecule has 3 aliphatic rings. The number of hydrogen-bond donors (Lipinski definition) is 1. The predicted molar refractivity (Wildman–Crippen MR) is 228 cm³/mol. The third kappa shape index (κ3) is 11.8. The van der Waals surface area contributed by atoms with Gasteiger partial charge in [-0.3, -0.25) is 24.2 Å². The van der Waals surface area contributed by atoms with Gasteiger partial charge in [0.25, 0.3) is 0 Å². The maximum Gasteiger partial charge on any atom is 0.316 e. The zero-order valence-corrected chi connectivity index (χ0v) is 38.6. The van der Waals surface area contributed by atoms with E-state index in [-0.39, 0.29) is 50.5 Å². The maximum atomic E-state index is 14.7. The average Bonchev–Trinajstić information content (AvgIpc) is 3.76. The van der Waals surface area contributed by atoms with Gasteiger partial charge in [0.1, 0.15) is 23.3 Å². The van der Waals surface area contributed by atoms with Crippen LogP contribution in [0.2, 0.25) is 0 Å². The molecule has 3 saturated heterocycles. The van der Waals surface area contributed by atoms with Gasteiger partial charge in [0.2, 0.25) is 5.91 Å². The van der Waals surface area contributed by atoms with Crippen molar-refractivity contribution in [3.8, 4) is 11.3 Å². The monoisotopic (exact) mass is 883 g/mol. The molecule has 1 N–H and O–H groups in total. The average molecular weight is 884 g/mol. The molecule has 0 unspecified atom stereocenters. The Hall–Kier alpha value is -4.46. The van der Waals surface area contributed by atoms with Crippen molar-refractivity contribution in [1.82, 2.24) is 15.0 Å². The molecule has 13 atom stereocenters. The molecule has 0 aromatic carbocycles. The van der Waals surface area contributed by atoms with E-state index in [1.807, 2.05) is 38.9 Å². The van der Waals surface area contributed by atoms with Crippen LogP contribution in [0.15, 0.2) is 45.3 Å². The molecule has 2 aromatic rings. The largest absolute Gasteiger partial charge is 0.459 e. The number of hydrogen-bond acceptors (Lipinski definition) is 17. The van der Waals surface area contributed by atoms with Crippen LogP contribution in [0.25, 0.3) is 11.3 Å². The number of ketones is 1. The predicted octanol–water partition coefficient (Wildman–Crippen LogP) is 4.74. The van der Waals surface area contributed by atoms with Crippen molar-refractivity contribution in [2.24, 2.45) is 33.8 Å². The van der Waals surface area contributed by atoms with E-state index in [1.54, 1.807) is 52.2 Å². The van der Waals surface area contributed by atoms with Gasteiger partial charge in [-0.1, -0.05) is 38.0 Å². The molecule has 2 bridgehead atoms. The number of likely N-dealkylation sites (N-methyl/N-ethyl adjacent to an activating group) is 1. The number of aromatic nitrogens is 2. The third-order valence-electron chi connectivity index (χ3n) is 12.4. The second kappa shape index (κ2) is 21.0. The van der Waals surface area contributed by atoms with E-state index >= 15 is 0 Å². The van der Waals surface area contributed by atoms with Gasteiger partial charge in [0.05, 0.1) is 55.1 Å². The molecule has 18 nitrogen and oxygen atoms in total. The SMILES string of the molecule is CC[C@H]1OC(=O)[C@H](C)C(=O)[C@H](C)[C@@H](O[C@@H]2O[C@H](C)C[C@H](N(C)C)[C@H]2OC(C)=O)[C@@]2(C)C[C@@H](C)/C(=N\C(C)=O)[C@H](C)[C@@H](OC/C(=N\OCc3ccc(-c4ccno4)cn3)CO2)[C@]1(C)O.